The number of aryl methyl sites for hydroxylation is 2. The lowest BCUT2D eigenvalue weighted by Gasteiger charge is -2.07. The van der Waals surface area contributed by atoms with E-state index in [4.69, 9.17) is 17.3 Å². The molecule has 2 heterocycles. The highest BCUT2D eigenvalue weighted by molar-refractivity contribution is 6.31. The number of nitrogens with one attached hydrogen (secondary N) is 1. The Hall–Kier alpha value is -2.56. The van der Waals surface area contributed by atoms with Crippen molar-refractivity contribution in [1.29, 1.82) is 0 Å². The van der Waals surface area contributed by atoms with Crippen LogP contribution in [0.1, 0.15) is 28.3 Å². The van der Waals surface area contributed by atoms with Crippen molar-refractivity contribution in [3.05, 3.63) is 28.3 Å². The minimum absolute atomic E-state index is 0.00558. The molecule has 0 aromatic carbocycles. The topological polar surface area (TPSA) is 108 Å². The molecule has 0 fully saturated rings. The van der Waals surface area contributed by atoms with Crippen molar-refractivity contribution in [2.45, 2.75) is 26.1 Å². The summed E-state index contributed by atoms with van der Waals surface area (Å²) in [6, 6.07) is 0. The van der Waals surface area contributed by atoms with E-state index in [0.717, 1.165) is 4.68 Å². The summed E-state index contributed by atoms with van der Waals surface area (Å²) >= 11 is 5.64. The van der Waals surface area contributed by atoms with Gasteiger partial charge in [-0.05, 0) is 6.92 Å². The zero-order valence-electron chi connectivity index (χ0n) is 13.2. The molecule has 0 unspecified atom stereocenters. The third kappa shape index (κ3) is 3.92. The largest absolute Gasteiger partial charge is 0.436 e. The van der Waals surface area contributed by atoms with E-state index in [-0.39, 0.29) is 30.0 Å². The smallest absolute Gasteiger partial charge is 0.364 e. The summed E-state index contributed by atoms with van der Waals surface area (Å²) in [5, 5.41) is 9.14. The molecule has 2 amide bonds. The first-order valence-electron chi connectivity index (χ1n) is 6.94. The predicted octanol–water partition coefficient (Wildman–Crippen LogP) is 1.72. The Morgan fingerprint density at radius 1 is 1.40 bits per heavy atom. The van der Waals surface area contributed by atoms with Crippen LogP contribution < -0.4 is 11.1 Å². The predicted molar refractivity (Wildman–Crippen MR) is 81.9 cm³/mol. The van der Waals surface area contributed by atoms with Crippen molar-refractivity contribution in [3.8, 4) is 0 Å². The van der Waals surface area contributed by atoms with Gasteiger partial charge in [-0.25, -0.2) is 0 Å². The van der Waals surface area contributed by atoms with Crippen LogP contribution in [-0.2, 0) is 24.6 Å². The van der Waals surface area contributed by atoms with E-state index < -0.39 is 28.7 Å². The van der Waals surface area contributed by atoms with Gasteiger partial charge in [0.1, 0.15) is 5.69 Å². The maximum absolute atomic E-state index is 12.8. The Morgan fingerprint density at radius 3 is 2.56 bits per heavy atom. The summed E-state index contributed by atoms with van der Waals surface area (Å²) < 4.78 is 40.5. The van der Waals surface area contributed by atoms with Crippen LogP contribution in [0.4, 0.5) is 18.9 Å². The molecule has 0 bridgehead atoms. The average molecular weight is 379 g/mol. The number of rotatable bonds is 5. The minimum atomic E-state index is -4.68. The van der Waals surface area contributed by atoms with Gasteiger partial charge in [0.2, 0.25) is 5.91 Å². The van der Waals surface area contributed by atoms with E-state index in [9.17, 15) is 22.8 Å². The maximum Gasteiger partial charge on any atom is 0.436 e. The number of hydrogen-bond donors (Lipinski definition) is 2. The number of alkyl halides is 3. The van der Waals surface area contributed by atoms with E-state index in [1.807, 2.05) is 0 Å². The Morgan fingerprint density at radius 2 is 2.04 bits per heavy atom. The van der Waals surface area contributed by atoms with Crippen molar-refractivity contribution in [2.75, 3.05) is 5.32 Å². The number of halogens is 4. The van der Waals surface area contributed by atoms with E-state index in [1.54, 1.807) is 0 Å². The molecule has 0 atom stereocenters. The van der Waals surface area contributed by atoms with Gasteiger partial charge in [0.05, 0.1) is 29.1 Å². The van der Waals surface area contributed by atoms with Crippen molar-refractivity contribution in [2.24, 2.45) is 12.8 Å². The second-order valence-corrected chi connectivity index (χ2v) is 5.54. The lowest BCUT2D eigenvalue weighted by atomic mass is 10.3. The molecule has 0 aliphatic rings. The molecular weight excluding hydrogens is 365 g/mol. The molecule has 12 heteroatoms. The number of primary amides is 1. The van der Waals surface area contributed by atoms with Crippen LogP contribution >= 0.6 is 11.6 Å². The van der Waals surface area contributed by atoms with Crippen LogP contribution in [0.3, 0.4) is 0 Å². The number of hydrogen-bond acceptors (Lipinski definition) is 4. The van der Waals surface area contributed by atoms with Gasteiger partial charge in [-0.2, -0.15) is 23.4 Å². The van der Waals surface area contributed by atoms with E-state index in [0.29, 0.717) is 0 Å². The fourth-order valence-corrected chi connectivity index (χ4v) is 2.41. The molecule has 136 valence electrons. The van der Waals surface area contributed by atoms with Gasteiger partial charge in [0, 0.05) is 13.5 Å². The molecule has 0 radical (unpaired) electrons. The first-order chi connectivity index (χ1) is 11.5. The highest BCUT2D eigenvalue weighted by atomic mass is 35.5. The van der Waals surface area contributed by atoms with Crippen molar-refractivity contribution in [3.63, 3.8) is 0 Å². The zero-order chi connectivity index (χ0) is 18.9. The van der Waals surface area contributed by atoms with Crippen molar-refractivity contribution in [1.82, 2.24) is 19.6 Å². The summed E-state index contributed by atoms with van der Waals surface area (Å²) in [4.78, 5) is 23.3. The second-order valence-electron chi connectivity index (χ2n) is 5.16. The van der Waals surface area contributed by atoms with Gasteiger partial charge >= 0.3 is 6.18 Å². The van der Waals surface area contributed by atoms with Crippen molar-refractivity contribution >= 4 is 29.1 Å². The molecule has 0 spiro atoms. The van der Waals surface area contributed by atoms with Crippen molar-refractivity contribution < 1.29 is 22.8 Å². The van der Waals surface area contributed by atoms with Crippen LogP contribution in [0.2, 0.25) is 5.02 Å². The number of carbonyl (C=O) groups is 2. The normalized spacial score (nSPS) is 11.6. The van der Waals surface area contributed by atoms with Crippen LogP contribution in [-0.4, -0.2) is 31.4 Å². The molecule has 0 saturated carbocycles. The van der Waals surface area contributed by atoms with Gasteiger partial charge in [0.15, 0.2) is 5.69 Å². The molecule has 2 aromatic rings. The summed E-state index contributed by atoms with van der Waals surface area (Å²) in [7, 11) is 1.48. The number of nitrogens with two attached hydrogens (primary N) is 1. The number of carbonyl (C=O) groups excluding carboxylic acids is 2. The molecule has 25 heavy (non-hydrogen) atoms. The van der Waals surface area contributed by atoms with Gasteiger partial charge in [0.25, 0.3) is 5.91 Å². The third-order valence-electron chi connectivity index (χ3n) is 3.40. The van der Waals surface area contributed by atoms with Gasteiger partial charge in [-0.3, -0.25) is 19.0 Å². The number of aromatic nitrogens is 4. The quantitative estimate of drug-likeness (QED) is 0.825. The zero-order valence-corrected chi connectivity index (χ0v) is 13.9. The Balaban J connectivity index is 2.08. The Kier molecular flexibility index (Phi) is 5.07. The maximum atomic E-state index is 12.8. The molecule has 2 rings (SSSR count). The summed E-state index contributed by atoms with van der Waals surface area (Å²) in [6.45, 7) is 1.24. The molecule has 8 nitrogen and oxygen atoms in total. The average Bonchev–Trinajstić information content (AvgIpc) is 2.98. The lowest BCUT2D eigenvalue weighted by molar-refractivity contribution is -0.141. The summed E-state index contributed by atoms with van der Waals surface area (Å²) in [6.07, 6.45) is -3.62. The molecule has 0 aliphatic heterocycles. The molecule has 0 saturated heterocycles. The Labute approximate surface area is 144 Å². The fraction of sp³-hybridized carbons (Fsp3) is 0.385. The van der Waals surface area contributed by atoms with Crippen LogP contribution in [0.5, 0.6) is 0 Å². The van der Waals surface area contributed by atoms with Gasteiger partial charge in [-0.15, -0.1) is 0 Å². The molecular formula is C13H14ClF3N6O2. The van der Waals surface area contributed by atoms with Crippen LogP contribution in [0, 0.1) is 6.92 Å². The molecule has 0 aliphatic carbocycles. The fourth-order valence-electron chi connectivity index (χ4n) is 2.16. The molecule has 2 aromatic heterocycles. The first kappa shape index (κ1) is 18.8. The number of nitrogens with zero attached hydrogens (tertiary/aromatic N) is 4. The second kappa shape index (κ2) is 6.75. The minimum Gasteiger partial charge on any atom is -0.364 e. The Bertz CT molecular complexity index is 827. The first-order valence-corrected chi connectivity index (χ1v) is 7.32. The van der Waals surface area contributed by atoms with E-state index in [2.05, 4.69) is 15.5 Å². The van der Waals surface area contributed by atoms with Crippen LogP contribution in [0.25, 0.3) is 0 Å². The van der Waals surface area contributed by atoms with Gasteiger partial charge < -0.3 is 11.1 Å². The molecule has 3 N–H and O–H groups in total. The highest BCUT2D eigenvalue weighted by Crippen LogP contribution is 2.35. The van der Waals surface area contributed by atoms with Gasteiger partial charge in [-0.1, -0.05) is 11.6 Å². The number of amides is 2. The van der Waals surface area contributed by atoms with E-state index >= 15 is 0 Å². The van der Waals surface area contributed by atoms with E-state index in [1.165, 1.54) is 24.9 Å². The third-order valence-corrected chi connectivity index (χ3v) is 3.85. The lowest BCUT2D eigenvalue weighted by Crippen LogP contribution is -2.21. The highest BCUT2D eigenvalue weighted by Gasteiger charge is 2.38. The summed E-state index contributed by atoms with van der Waals surface area (Å²) in [5.41, 5.74) is 4.22. The SMILES string of the molecule is Cc1c(Cl)c(C(F)(F)F)nn1CCC(=O)Nc1cnn(C)c1C(N)=O. The monoisotopic (exact) mass is 378 g/mol. The van der Waals surface area contributed by atoms with Crippen LogP contribution in [0.15, 0.2) is 6.20 Å². The summed E-state index contributed by atoms with van der Waals surface area (Å²) in [5.74, 6) is -1.32. The standard InChI is InChI=1S/C13H14ClF3N6O2/c1-6-9(14)11(13(15,16)17)21-23(6)4-3-8(24)20-7-5-19-22(2)10(7)12(18)25/h5H,3-4H2,1-2H3,(H2,18,25)(H,20,24). The number of anilines is 1.